The van der Waals surface area contributed by atoms with Crippen molar-refractivity contribution in [1.82, 2.24) is 15.5 Å². The molecule has 0 aliphatic carbocycles. The minimum atomic E-state index is -0.392. The molecule has 0 fully saturated rings. The molecule has 2 rings (SSSR count). The molecule has 0 saturated carbocycles. The van der Waals surface area contributed by atoms with E-state index in [4.69, 9.17) is 0 Å². The lowest BCUT2D eigenvalue weighted by Crippen LogP contribution is -2.43. The maximum Gasteiger partial charge on any atom is 0.253 e. The molecule has 0 aromatic heterocycles. The van der Waals surface area contributed by atoms with E-state index in [0.717, 1.165) is 5.56 Å². The molecule has 2 N–H and O–H groups in total. The minimum Gasteiger partial charge on any atom is -0.356 e. The van der Waals surface area contributed by atoms with Gasteiger partial charge in [0, 0.05) is 45.2 Å². The quantitative estimate of drug-likeness (QED) is 0.352. The molecular formula is C22H30FIN4O. The molecule has 0 heterocycles. The van der Waals surface area contributed by atoms with Crippen LogP contribution >= 0.6 is 24.0 Å². The Bertz CT molecular complexity index is 835. The second kappa shape index (κ2) is 11.1. The Labute approximate surface area is 189 Å². The third-order valence-corrected chi connectivity index (χ3v) is 4.59. The number of halogens is 2. The number of benzene rings is 2. The van der Waals surface area contributed by atoms with Crippen LogP contribution in [0.2, 0.25) is 0 Å². The SMILES string of the molecule is CN=C(NCc1ccc(C(=O)N(C)C)cc1)NCC(C)(C)c1ccccc1F.I. The molecule has 158 valence electrons. The fraction of sp³-hybridized carbons (Fsp3) is 0.364. The first-order valence-corrected chi connectivity index (χ1v) is 9.24. The molecule has 0 saturated heterocycles. The normalized spacial score (nSPS) is 11.4. The van der Waals surface area contributed by atoms with Crippen LogP contribution in [0.15, 0.2) is 53.5 Å². The van der Waals surface area contributed by atoms with Gasteiger partial charge in [0.05, 0.1) is 0 Å². The van der Waals surface area contributed by atoms with Crippen LogP contribution < -0.4 is 10.6 Å². The molecule has 0 atom stereocenters. The van der Waals surface area contributed by atoms with Crippen molar-refractivity contribution in [3.05, 3.63) is 71.0 Å². The molecule has 1 amide bonds. The van der Waals surface area contributed by atoms with Crippen molar-refractivity contribution in [3.8, 4) is 0 Å². The summed E-state index contributed by atoms with van der Waals surface area (Å²) in [6.45, 7) is 5.08. The highest BCUT2D eigenvalue weighted by molar-refractivity contribution is 14.0. The van der Waals surface area contributed by atoms with Crippen LogP contribution in [0.5, 0.6) is 0 Å². The van der Waals surface area contributed by atoms with E-state index < -0.39 is 5.41 Å². The number of carbonyl (C=O) groups is 1. The van der Waals surface area contributed by atoms with E-state index in [0.29, 0.717) is 30.2 Å². The Morgan fingerprint density at radius 3 is 2.24 bits per heavy atom. The number of nitrogens with one attached hydrogen (secondary N) is 2. The Morgan fingerprint density at radius 2 is 1.69 bits per heavy atom. The average molecular weight is 512 g/mol. The topological polar surface area (TPSA) is 56.7 Å². The molecule has 0 unspecified atom stereocenters. The zero-order valence-electron chi connectivity index (χ0n) is 17.6. The number of guanidine groups is 1. The fourth-order valence-corrected chi connectivity index (χ4v) is 2.84. The van der Waals surface area contributed by atoms with Gasteiger partial charge < -0.3 is 15.5 Å². The van der Waals surface area contributed by atoms with E-state index in [1.165, 1.54) is 6.07 Å². The Kier molecular flexibility index (Phi) is 9.55. The van der Waals surface area contributed by atoms with Crippen LogP contribution in [0, 0.1) is 5.82 Å². The van der Waals surface area contributed by atoms with Gasteiger partial charge in [0.2, 0.25) is 0 Å². The Balaban J connectivity index is 0.00000420. The maximum atomic E-state index is 14.1. The van der Waals surface area contributed by atoms with Crippen molar-refractivity contribution in [2.75, 3.05) is 27.7 Å². The minimum absolute atomic E-state index is 0. The van der Waals surface area contributed by atoms with Gasteiger partial charge in [-0.2, -0.15) is 0 Å². The molecule has 0 radical (unpaired) electrons. The number of rotatable bonds is 6. The summed E-state index contributed by atoms with van der Waals surface area (Å²) in [7, 11) is 5.16. The Morgan fingerprint density at radius 1 is 1.07 bits per heavy atom. The van der Waals surface area contributed by atoms with Crippen LogP contribution in [0.3, 0.4) is 0 Å². The van der Waals surface area contributed by atoms with E-state index in [2.05, 4.69) is 15.6 Å². The number of nitrogens with zero attached hydrogens (tertiary/aromatic N) is 2. The lowest BCUT2D eigenvalue weighted by Gasteiger charge is -2.27. The monoisotopic (exact) mass is 512 g/mol. The summed E-state index contributed by atoms with van der Waals surface area (Å²) < 4.78 is 14.1. The molecule has 29 heavy (non-hydrogen) atoms. The number of carbonyl (C=O) groups excluding carboxylic acids is 1. The van der Waals surface area contributed by atoms with Gasteiger partial charge in [0.1, 0.15) is 5.82 Å². The third kappa shape index (κ3) is 6.99. The van der Waals surface area contributed by atoms with Gasteiger partial charge in [0.15, 0.2) is 5.96 Å². The third-order valence-electron chi connectivity index (χ3n) is 4.59. The van der Waals surface area contributed by atoms with Gasteiger partial charge in [0.25, 0.3) is 5.91 Å². The van der Waals surface area contributed by atoms with Gasteiger partial charge in [-0.1, -0.05) is 44.2 Å². The van der Waals surface area contributed by atoms with Crippen LogP contribution in [-0.2, 0) is 12.0 Å². The van der Waals surface area contributed by atoms with Crippen LogP contribution in [-0.4, -0.2) is 44.5 Å². The number of hydrogen-bond donors (Lipinski definition) is 2. The molecule has 2 aromatic carbocycles. The van der Waals surface area contributed by atoms with Crippen molar-refractivity contribution in [3.63, 3.8) is 0 Å². The van der Waals surface area contributed by atoms with Crippen molar-refractivity contribution in [2.45, 2.75) is 25.8 Å². The first-order chi connectivity index (χ1) is 13.2. The summed E-state index contributed by atoms with van der Waals surface area (Å²) in [5.74, 6) is 0.412. The van der Waals surface area contributed by atoms with Crippen LogP contribution in [0.1, 0.15) is 35.3 Å². The number of amides is 1. The van der Waals surface area contributed by atoms with Gasteiger partial charge in [-0.05, 0) is 29.3 Å². The highest BCUT2D eigenvalue weighted by atomic mass is 127. The molecule has 7 heteroatoms. The summed E-state index contributed by atoms with van der Waals surface area (Å²) in [4.78, 5) is 17.7. The average Bonchev–Trinajstić information content (AvgIpc) is 2.68. The van der Waals surface area contributed by atoms with E-state index in [1.807, 2.05) is 50.2 Å². The smallest absolute Gasteiger partial charge is 0.253 e. The van der Waals surface area contributed by atoms with Crippen LogP contribution in [0.4, 0.5) is 4.39 Å². The zero-order valence-corrected chi connectivity index (χ0v) is 20.0. The maximum absolute atomic E-state index is 14.1. The first-order valence-electron chi connectivity index (χ1n) is 9.24. The largest absolute Gasteiger partial charge is 0.356 e. The first kappa shape index (κ1) is 24.9. The van der Waals surface area contributed by atoms with Crippen molar-refractivity contribution < 1.29 is 9.18 Å². The van der Waals surface area contributed by atoms with E-state index in [9.17, 15) is 9.18 Å². The van der Waals surface area contributed by atoms with Gasteiger partial charge in [-0.15, -0.1) is 24.0 Å². The van der Waals surface area contributed by atoms with Gasteiger partial charge in [-0.3, -0.25) is 9.79 Å². The highest BCUT2D eigenvalue weighted by Gasteiger charge is 2.24. The van der Waals surface area contributed by atoms with Crippen molar-refractivity contribution in [1.29, 1.82) is 0 Å². The zero-order chi connectivity index (χ0) is 20.7. The van der Waals surface area contributed by atoms with Crippen molar-refractivity contribution in [2.24, 2.45) is 4.99 Å². The standard InChI is InChI=1S/C22H29FN4O.HI/c1-22(2,18-8-6-7-9-19(18)23)15-26-21(24-3)25-14-16-10-12-17(13-11-16)20(28)27(4)5;/h6-13H,14-15H2,1-5H3,(H2,24,25,26);1H. The molecule has 0 spiro atoms. The van der Waals surface area contributed by atoms with E-state index in [-0.39, 0.29) is 35.7 Å². The lowest BCUT2D eigenvalue weighted by atomic mass is 9.84. The molecule has 2 aromatic rings. The molecule has 0 bridgehead atoms. The summed E-state index contributed by atoms with van der Waals surface area (Å²) in [5, 5.41) is 6.51. The highest BCUT2D eigenvalue weighted by Crippen LogP contribution is 2.24. The molecule has 0 aliphatic heterocycles. The summed E-state index contributed by atoms with van der Waals surface area (Å²) in [5.41, 5.74) is 1.96. The van der Waals surface area contributed by atoms with Crippen molar-refractivity contribution >= 4 is 35.8 Å². The van der Waals surface area contributed by atoms with E-state index in [1.54, 1.807) is 32.1 Å². The molecule has 0 aliphatic rings. The lowest BCUT2D eigenvalue weighted by molar-refractivity contribution is 0.0827. The van der Waals surface area contributed by atoms with Gasteiger partial charge in [-0.25, -0.2) is 4.39 Å². The number of hydrogen-bond acceptors (Lipinski definition) is 2. The summed E-state index contributed by atoms with van der Waals surface area (Å²) in [6, 6.07) is 14.3. The predicted octanol–water partition coefficient (Wildman–Crippen LogP) is 3.79. The number of aliphatic imine (C=N–C) groups is 1. The predicted molar refractivity (Wildman–Crippen MR) is 128 cm³/mol. The van der Waals surface area contributed by atoms with Crippen LogP contribution in [0.25, 0.3) is 0 Å². The fourth-order valence-electron chi connectivity index (χ4n) is 2.84. The second-order valence-electron chi connectivity index (χ2n) is 7.54. The second-order valence-corrected chi connectivity index (χ2v) is 7.54. The molecular weight excluding hydrogens is 482 g/mol. The summed E-state index contributed by atoms with van der Waals surface area (Å²) in [6.07, 6.45) is 0. The van der Waals surface area contributed by atoms with Gasteiger partial charge >= 0.3 is 0 Å². The Hall–Kier alpha value is -2.16. The molecule has 5 nitrogen and oxygen atoms in total. The summed E-state index contributed by atoms with van der Waals surface area (Å²) >= 11 is 0. The van der Waals surface area contributed by atoms with E-state index >= 15 is 0 Å².